The van der Waals surface area contributed by atoms with E-state index in [9.17, 15) is 25.2 Å². The first-order valence-corrected chi connectivity index (χ1v) is 10.8. The number of amides is 2. The number of carbonyl (C=O) groups excluding carboxylic acids is 1. The Morgan fingerprint density at radius 2 is 1.90 bits per heavy atom. The van der Waals surface area contributed by atoms with Crippen molar-refractivity contribution in [3.05, 3.63) is 41.1 Å². The molecule has 1 aromatic heterocycles. The Hall–Kier alpha value is -2.31. The summed E-state index contributed by atoms with van der Waals surface area (Å²) in [5.41, 5.74) is 7.38. The summed E-state index contributed by atoms with van der Waals surface area (Å²) in [5.74, 6) is 0.400. The molecule has 1 aliphatic heterocycles. The molecule has 1 saturated heterocycles. The Morgan fingerprint density at radius 1 is 1.23 bits per heavy atom. The van der Waals surface area contributed by atoms with Crippen LogP contribution in [0.4, 0.5) is 10.5 Å². The number of anilines is 1. The van der Waals surface area contributed by atoms with Crippen LogP contribution in [-0.2, 0) is 6.42 Å². The Bertz CT molecular complexity index is 888. The number of primary amides is 1. The number of aliphatic hydroxyl groups excluding tert-OH is 4. The molecule has 2 heterocycles. The average molecular weight is 453 g/mol. The molecule has 11 heteroatoms. The lowest BCUT2D eigenvalue weighted by atomic mass is 9.99. The van der Waals surface area contributed by atoms with E-state index in [1.165, 1.54) is 0 Å². The largest absolute Gasteiger partial charge is 0.459 e. The zero-order chi connectivity index (χ0) is 22.7. The smallest absolute Gasteiger partial charge is 0.316 e. The van der Waals surface area contributed by atoms with Crippen LogP contribution in [0.1, 0.15) is 36.6 Å². The summed E-state index contributed by atoms with van der Waals surface area (Å²) in [5, 5.41) is 49.0. The number of hydrogen-bond donors (Lipinski definition) is 7. The van der Waals surface area contributed by atoms with E-state index in [2.05, 4.69) is 15.5 Å². The molecule has 0 unspecified atom stereocenters. The van der Waals surface area contributed by atoms with Crippen LogP contribution in [-0.4, -0.2) is 72.3 Å². The van der Waals surface area contributed by atoms with Gasteiger partial charge in [0.2, 0.25) is 5.88 Å². The maximum atomic E-state index is 11.0. The molecular weight excluding hydrogens is 424 g/mol. The lowest BCUT2D eigenvalue weighted by Gasteiger charge is -2.38. The van der Waals surface area contributed by atoms with E-state index in [4.69, 9.17) is 10.5 Å². The summed E-state index contributed by atoms with van der Waals surface area (Å²) < 4.78 is 5.94. The van der Waals surface area contributed by atoms with Crippen molar-refractivity contribution in [3.63, 3.8) is 0 Å². The molecule has 2 aromatic rings. The Kier molecular flexibility index (Phi) is 7.44. The molecule has 0 aliphatic carbocycles. The van der Waals surface area contributed by atoms with Crippen LogP contribution in [0, 0.1) is 0 Å². The van der Waals surface area contributed by atoms with Crippen molar-refractivity contribution >= 4 is 23.5 Å². The Balaban J connectivity index is 1.83. The van der Waals surface area contributed by atoms with E-state index in [0.29, 0.717) is 12.1 Å². The lowest BCUT2D eigenvalue weighted by molar-refractivity contribution is -0.0915. The number of urea groups is 1. The highest BCUT2D eigenvalue weighted by Crippen LogP contribution is 2.36. The van der Waals surface area contributed by atoms with Gasteiger partial charge in [0.05, 0.1) is 18.0 Å². The van der Waals surface area contributed by atoms with Crippen LogP contribution < -0.4 is 15.8 Å². The van der Waals surface area contributed by atoms with Gasteiger partial charge in [-0.2, -0.15) is 0 Å². The molecule has 170 valence electrons. The van der Waals surface area contributed by atoms with E-state index in [1.54, 1.807) is 12.1 Å². The molecule has 0 radical (unpaired) electrons. The van der Waals surface area contributed by atoms with Crippen molar-refractivity contribution in [1.29, 1.82) is 0 Å². The van der Waals surface area contributed by atoms with Crippen LogP contribution in [0.3, 0.4) is 0 Å². The predicted octanol–water partition coefficient (Wildman–Crippen LogP) is 0.510. The molecule has 0 spiro atoms. The first kappa shape index (κ1) is 23.4. The maximum absolute atomic E-state index is 11.0. The van der Waals surface area contributed by atoms with Gasteiger partial charge in [-0.05, 0) is 23.6 Å². The van der Waals surface area contributed by atoms with Crippen molar-refractivity contribution in [1.82, 2.24) is 10.2 Å². The molecule has 2 amide bonds. The summed E-state index contributed by atoms with van der Waals surface area (Å²) in [7, 11) is 0. The van der Waals surface area contributed by atoms with E-state index in [-0.39, 0.29) is 18.4 Å². The molecule has 0 saturated carbocycles. The number of carbonyl (C=O) groups is 1. The fourth-order valence-corrected chi connectivity index (χ4v) is 4.66. The number of nitrogens with zero attached hydrogens (tertiary/aromatic N) is 1. The minimum atomic E-state index is -1.44. The van der Waals surface area contributed by atoms with Crippen LogP contribution in [0.2, 0.25) is 0 Å². The third-order valence-electron chi connectivity index (χ3n) is 5.12. The van der Waals surface area contributed by atoms with E-state index >= 15 is 0 Å². The molecule has 1 aliphatic rings. The number of nitrogens with one attached hydrogen (secondary N) is 2. The van der Waals surface area contributed by atoms with Crippen LogP contribution in [0.25, 0.3) is 0 Å². The Labute approximate surface area is 183 Å². The third kappa shape index (κ3) is 5.31. The summed E-state index contributed by atoms with van der Waals surface area (Å²) in [6, 6.07) is 6.52. The van der Waals surface area contributed by atoms with Crippen molar-refractivity contribution < 1.29 is 30.0 Å². The minimum absolute atomic E-state index is 0.122. The molecular formula is C20H28N4O6S. The second-order valence-electron chi connectivity index (χ2n) is 7.75. The van der Waals surface area contributed by atoms with Crippen LogP contribution >= 0.6 is 11.8 Å². The monoisotopic (exact) mass is 452 g/mol. The number of aromatic nitrogens is 2. The summed E-state index contributed by atoms with van der Waals surface area (Å²) >= 11 is 1.05. The fourth-order valence-electron chi connectivity index (χ4n) is 3.43. The Morgan fingerprint density at radius 3 is 2.48 bits per heavy atom. The molecule has 3 rings (SSSR count). The SMILES string of the molecule is CC(C)c1[nH]nc(O[C@@H]2S[C@H](CO)[C@@H](O)[C@H](O)[C@H]2O)c1Cc1ccc(NC(N)=O)cc1. The van der Waals surface area contributed by atoms with Gasteiger partial charge in [0.15, 0.2) is 5.44 Å². The second-order valence-corrected chi connectivity index (χ2v) is 9.10. The van der Waals surface area contributed by atoms with E-state index in [1.807, 2.05) is 26.0 Å². The number of ether oxygens (including phenoxy) is 1. The van der Waals surface area contributed by atoms with Gasteiger partial charge in [0.1, 0.15) is 12.2 Å². The highest BCUT2D eigenvalue weighted by atomic mass is 32.2. The van der Waals surface area contributed by atoms with Gasteiger partial charge < -0.3 is 36.2 Å². The summed E-state index contributed by atoms with van der Waals surface area (Å²) in [6.07, 6.45) is -3.59. The molecule has 1 aromatic carbocycles. The first-order valence-electron chi connectivity index (χ1n) is 9.91. The average Bonchev–Trinajstić information content (AvgIpc) is 3.12. The quantitative estimate of drug-likeness (QED) is 0.318. The predicted molar refractivity (Wildman–Crippen MR) is 116 cm³/mol. The normalized spacial score (nSPS) is 26.1. The number of aliphatic hydroxyl groups is 4. The third-order valence-corrected chi connectivity index (χ3v) is 6.54. The van der Waals surface area contributed by atoms with Gasteiger partial charge in [0, 0.05) is 23.4 Å². The van der Waals surface area contributed by atoms with Crippen LogP contribution in [0.5, 0.6) is 5.88 Å². The van der Waals surface area contributed by atoms with Crippen molar-refractivity contribution in [2.24, 2.45) is 5.73 Å². The molecule has 5 atom stereocenters. The molecule has 1 fully saturated rings. The van der Waals surface area contributed by atoms with Gasteiger partial charge in [-0.3, -0.25) is 5.10 Å². The van der Waals surface area contributed by atoms with Crippen molar-refractivity contribution in [2.75, 3.05) is 11.9 Å². The first-order chi connectivity index (χ1) is 14.7. The van der Waals surface area contributed by atoms with Gasteiger partial charge in [0.25, 0.3) is 0 Å². The zero-order valence-electron chi connectivity index (χ0n) is 17.2. The molecule has 10 nitrogen and oxygen atoms in total. The highest BCUT2D eigenvalue weighted by molar-refractivity contribution is 8.00. The number of nitrogens with two attached hydrogens (primary N) is 1. The number of aromatic amines is 1. The van der Waals surface area contributed by atoms with E-state index in [0.717, 1.165) is 28.6 Å². The van der Waals surface area contributed by atoms with E-state index < -0.39 is 35.0 Å². The second kappa shape index (κ2) is 9.88. The van der Waals surface area contributed by atoms with Crippen molar-refractivity contribution in [3.8, 4) is 5.88 Å². The molecule has 8 N–H and O–H groups in total. The number of H-pyrrole nitrogens is 1. The van der Waals surface area contributed by atoms with Gasteiger partial charge in [-0.15, -0.1) is 16.9 Å². The maximum Gasteiger partial charge on any atom is 0.316 e. The van der Waals surface area contributed by atoms with Gasteiger partial charge >= 0.3 is 6.03 Å². The molecule has 0 bridgehead atoms. The number of thioether (sulfide) groups is 1. The fraction of sp³-hybridized carbons (Fsp3) is 0.500. The molecule has 31 heavy (non-hydrogen) atoms. The highest BCUT2D eigenvalue weighted by Gasteiger charge is 2.44. The number of hydrogen-bond acceptors (Lipinski definition) is 8. The van der Waals surface area contributed by atoms with Crippen molar-refractivity contribution in [2.45, 2.75) is 55.2 Å². The summed E-state index contributed by atoms with van der Waals surface area (Å²) in [4.78, 5) is 11.0. The minimum Gasteiger partial charge on any atom is -0.459 e. The topological polar surface area (TPSA) is 174 Å². The summed E-state index contributed by atoms with van der Waals surface area (Å²) in [6.45, 7) is 3.64. The van der Waals surface area contributed by atoms with Crippen LogP contribution in [0.15, 0.2) is 24.3 Å². The zero-order valence-corrected chi connectivity index (χ0v) is 18.0. The lowest BCUT2D eigenvalue weighted by Crippen LogP contribution is -2.55. The standard InChI is InChI=1S/C20H28N4O6S/c1-9(2)14-12(7-10-3-5-11(6-4-10)22-20(21)29)18(24-23-14)30-19-17(28)16(27)15(26)13(8-25)31-19/h3-6,9,13,15-17,19,25-28H,7-8H2,1-2H3,(H,23,24)(H3,21,22,29)/t13-,15-,16+,17-,19-/m1/s1. The van der Waals surface area contributed by atoms with Gasteiger partial charge in [-0.25, -0.2) is 4.79 Å². The number of benzene rings is 1. The number of rotatable bonds is 7. The van der Waals surface area contributed by atoms with Gasteiger partial charge in [-0.1, -0.05) is 26.0 Å².